The van der Waals surface area contributed by atoms with E-state index in [0.29, 0.717) is 17.1 Å². The van der Waals surface area contributed by atoms with Gasteiger partial charge in [0.05, 0.1) is 19.8 Å². The molecule has 0 aliphatic carbocycles. The van der Waals surface area contributed by atoms with Gasteiger partial charge >= 0.3 is 0 Å². The molecule has 1 amide bonds. The molecule has 0 radical (unpaired) electrons. The van der Waals surface area contributed by atoms with Gasteiger partial charge in [0, 0.05) is 25.3 Å². The van der Waals surface area contributed by atoms with Crippen LogP contribution in [0.2, 0.25) is 0 Å². The Kier molecular flexibility index (Phi) is 5.57. The van der Waals surface area contributed by atoms with Gasteiger partial charge in [0.25, 0.3) is 5.91 Å². The lowest BCUT2D eigenvalue weighted by Crippen LogP contribution is -2.41. The van der Waals surface area contributed by atoms with Gasteiger partial charge in [0.15, 0.2) is 11.5 Å². The molecule has 0 aliphatic rings. The first-order valence-corrected chi connectivity index (χ1v) is 8.11. The van der Waals surface area contributed by atoms with Gasteiger partial charge in [-0.2, -0.15) is 0 Å². The van der Waals surface area contributed by atoms with Crippen molar-refractivity contribution in [2.75, 3.05) is 33.2 Å². The molecule has 0 fully saturated rings. The largest absolute Gasteiger partial charge is 0.493 e. The second kappa shape index (κ2) is 7.47. The van der Waals surface area contributed by atoms with Crippen molar-refractivity contribution in [2.45, 2.75) is 19.4 Å². The third-order valence-electron chi connectivity index (χ3n) is 4.18. The monoisotopic (exact) mass is 342 g/mol. The number of hydrogen-bond donors (Lipinski definition) is 1. The maximum absolute atomic E-state index is 12.6. The number of rotatable bonds is 6. The zero-order chi connectivity index (χ0) is 18.6. The van der Waals surface area contributed by atoms with Crippen LogP contribution in [0.5, 0.6) is 11.5 Å². The van der Waals surface area contributed by atoms with Crippen LogP contribution >= 0.6 is 0 Å². The predicted molar refractivity (Wildman–Crippen MR) is 101 cm³/mol. The first-order valence-electron chi connectivity index (χ1n) is 8.11. The Balaban J connectivity index is 2.21. The lowest BCUT2D eigenvalue weighted by molar-refractivity contribution is 0.0912. The van der Waals surface area contributed by atoms with Crippen LogP contribution in [-0.4, -0.2) is 34.2 Å². The molecule has 2 aromatic carbocycles. The Hall–Kier alpha value is -2.69. The summed E-state index contributed by atoms with van der Waals surface area (Å²) in [5.74, 6) is 1.18. The Bertz CT molecular complexity index is 737. The van der Waals surface area contributed by atoms with E-state index < -0.39 is 5.54 Å². The molecule has 2 aromatic rings. The Morgan fingerprint density at radius 3 is 2.08 bits per heavy atom. The molecule has 1 N–H and O–H groups in total. The molecule has 0 spiro atoms. The van der Waals surface area contributed by atoms with Crippen LogP contribution in [0.1, 0.15) is 29.8 Å². The average Bonchev–Trinajstić information content (AvgIpc) is 2.60. The van der Waals surface area contributed by atoms with Crippen molar-refractivity contribution in [3.63, 3.8) is 0 Å². The third-order valence-corrected chi connectivity index (χ3v) is 4.18. The third kappa shape index (κ3) is 4.24. The summed E-state index contributed by atoms with van der Waals surface area (Å²) >= 11 is 0. The smallest absolute Gasteiger partial charge is 0.251 e. The number of carbonyl (C=O) groups is 1. The van der Waals surface area contributed by atoms with Gasteiger partial charge in [-0.05, 0) is 55.8 Å². The van der Waals surface area contributed by atoms with Gasteiger partial charge < -0.3 is 19.7 Å². The van der Waals surface area contributed by atoms with Gasteiger partial charge in [0.2, 0.25) is 0 Å². The fraction of sp³-hybridized carbons (Fsp3) is 0.350. The van der Waals surface area contributed by atoms with Gasteiger partial charge in [-0.15, -0.1) is 0 Å². The van der Waals surface area contributed by atoms with Gasteiger partial charge in [0.1, 0.15) is 0 Å². The zero-order valence-corrected chi connectivity index (χ0v) is 15.7. The van der Waals surface area contributed by atoms with Crippen LogP contribution in [-0.2, 0) is 5.54 Å². The summed E-state index contributed by atoms with van der Waals surface area (Å²) in [5.41, 5.74) is 2.05. The van der Waals surface area contributed by atoms with E-state index in [1.54, 1.807) is 14.2 Å². The van der Waals surface area contributed by atoms with Gasteiger partial charge in [-0.3, -0.25) is 4.79 Å². The fourth-order valence-corrected chi connectivity index (χ4v) is 2.56. The number of ether oxygens (including phenoxy) is 2. The summed E-state index contributed by atoms with van der Waals surface area (Å²) in [5, 5.41) is 3.08. The van der Waals surface area contributed by atoms with Crippen LogP contribution in [0.25, 0.3) is 0 Å². The molecule has 0 bridgehead atoms. The lowest BCUT2D eigenvalue weighted by atomic mass is 9.93. The fourth-order valence-electron chi connectivity index (χ4n) is 2.56. The van der Waals surface area contributed by atoms with E-state index in [1.165, 1.54) is 0 Å². The molecule has 0 unspecified atom stereocenters. The number of nitrogens with zero attached hydrogens (tertiary/aromatic N) is 1. The molecule has 5 nitrogen and oxygen atoms in total. The molecule has 2 rings (SSSR count). The number of anilines is 1. The summed E-state index contributed by atoms with van der Waals surface area (Å²) in [7, 11) is 7.13. The van der Waals surface area contributed by atoms with Gasteiger partial charge in [-0.25, -0.2) is 0 Å². The topological polar surface area (TPSA) is 50.8 Å². The summed E-state index contributed by atoms with van der Waals surface area (Å²) in [6.07, 6.45) is 0. The van der Waals surface area contributed by atoms with Crippen LogP contribution < -0.4 is 19.7 Å². The van der Waals surface area contributed by atoms with E-state index in [9.17, 15) is 4.79 Å². The van der Waals surface area contributed by atoms with Crippen LogP contribution in [0, 0.1) is 0 Å². The Labute approximate surface area is 149 Å². The number of hydrogen-bond acceptors (Lipinski definition) is 4. The van der Waals surface area contributed by atoms with Crippen molar-refractivity contribution < 1.29 is 14.3 Å². The van der Waals surface area contributed by atoms with E-state index in [-0.39, 0.29) is 5.91 Å². The highest BCUT2D eigenvalue weighted by Crippen LogP contribution is 2.32. The van der Waals surface area contributed by atoms with E-state index in [2.05, 4.69) is 5.32 Å². The van der Waals surface area contributed by atoms with Gasteiger partial charge in [-0.1, -0.05) is 6.07 Å². The van der Waals surface area contributed by atoms with E-state index in [4.69, 9.17) is 9.47 Å². The molecule has 134 valence electrons. The lowest BCUT2D eigenvalue weighted by Gasteiger charge is -2.28. The molecule has 0 heterocycles. The van der Waals surface area contributed by atoms with Crippen molar-refractivity contribution in [1.29, 1.82) is 0 Å². The summed E-state index contributed by atoms with van der Waals surface area (Å²) in [6, 6.07) is 13.2. The molecule has 0 atom stereocenters. The number of benzene rings is 2. The minimum Gasteiger partial charge on any atom is -0.493 e. The van der Waals surface area contributed by atoms with Crippen molar-refractivity contribution in [3.05, 3.63) is 53.6 Å². The molecular weight excluding hydrogens is 316 g/mol. The van der Waals surface area contributed by atoms with E-state index in [1.807, 2.05) is 75.3 Å². The summed E-state index contributed by atoms with van der Waals surface area (Å²) in [6.45, 7) is 3.92. The molecule has 25 heavy (non-hydrogen) atoms. The molecule has 0 saturated heterocycles. The quantitative estimate of drug-likeness (QED) is 0.874. The predicted octanol–water partition coefficient (Wildman–Crippen LogP) is 3.43. The maximum atomic E-state index is 12.6. The standard InChI is InChI=1S/C20H26N2O3/c1-20(2,15-9-12-17(24-5)18(13-15)25-6)21-19(23)14-7-10-16(11-8-14)22(3)4/h7-13H,1-6H3,(H,21,23). The highest BCUT2D eigenvalue weighted by atomic mass is 16.5. The van der Waals surface area contributed by atoms with Crippen molar-refractivity contribution in [2.24, 2.45) is 0 Å². The maximum Gasteiger partial charge on any atom is 0.251 e. The number of amides is 1. The summed E-state index contributed by atoms with van der Waals surface area (Å²) in [4.78, 5) is 14.6. The molecule has 0 aromatic heterocycles. The molecule has 0 saturated carbocycles. The highest BCUT2D eigenvalue weighted by Gasteiger charge is 2.25. The average molecular weight is 342 g/mol. The second-order valence-electron chi connectivity index (χ2n) is 6.59. The van der Waals surface area contributed by atoms with Crippen LogP contribution in [0.15, 0.2) is 42.5 Å². The van der Waals surface area contributed by atoms with E-state index >= 15 is 0 Å². The minimum absolute atomic E-state index is 0.120. The Morgan fingerprint density at radius 2 is 1.56 bits per heavy atom. The molecule has 0 aliphatic heterocycles. The Morgan fingerprint density at radius 1 is 0.960 bits per heavy atom. The number of nitrogens with one attached hydrogen (secondary N) is 1. The normalized spacial score (nSPS) is 11.0. The van der Waals surface area contributed by atoms with Crippen LogP contribution in [0.3, 0.4) is 0 Å². The van der Waals surface area contributed by atoms with Crippen molar-refractivity contribution in [1.82, 2.24) is 5.32 Å². The first-order chi connectivity index (χ1) is 11.8. The SMILES string of the molecule is COc1ccc(C(C)(C)NC(=O)c2ccc(N(C)C)cc2)cc1OC. The highest BCUT2D eigenvalue weighted by molar-refractivity contribution is 5.95. The molecule has 5 heteroatoms. The molecular formula is C20H26N2O3. The minimum atomic E-state index is -0.559. The van der Waals surface area contributed by atoms with E-state index in [0.717, 1.165) is 11.3 Å². The first kappa shape index (κ1) is 18.6. The summed E-state index contributed by atoms with van der Waals surface area (Å²) < 4.78 is 10.6. The second-order valence-corrected chi connectivity index (χ2v) is 6.59. The van der Waals surface area contributed by atoms with Crippen molar-refractivity contribution >= 4 is 11.6 Å². The van der Waals surface area contributed by atoms with Crippen LogP contribution in [0.4, 0.5) is 5.69 Å². The zero-order valence-electron chi connectivity index (χ0n) is 15.7. The van der Waals surface area contributed by atoms with Crippen molar-refractivity contribution in [3.8, 4) is 11.5 Å². The number of carbonyl (C=O) groups excluding carboxylic acids is 1. The number of methoxy groups -OCH3 is 2.